The van der Waals surface area contributed by atoms with Crippen molar-refractivity contribution < 1.29 is 4.92 Å². The van der Waals surface area contributed by atoms with Gasteiger partial charge in [-0.25, -0.2) is 4.98 Å². The number of para-hydroxylation sites is 2. The van der Waals surface area contributed by atoms with Crippen molar-refractivity contribution in [1.29, 1.82) is 0 Å². The van der Waals surface area contributed by atoms with Gasteiger partial charge in [0.25, 0.3) is 5.69 Å². The van der Waals surface area contributed by atoms with E-state index in [1.54, 1.807) is 13.0 Å². The predicted molar refractivity (Wildman–Crippen MR) is 81.4 cm³/mol. The zero-order chi connectivity index (χ0) is 15.0. The van der Waals surface area contributed by atoms with Gasteiger partial charge in [-0.15, -0.1) is 0 Å². The average molecular weight is 281 g/mol. The molecule has 0 aliphatic carbocycles. The third kappa shape index (κ3) is 2.27. The molecule has 21 heavy (non-hydrogen) atoms. The molecule has 2 aromatic carbocycles. The summed E-state index contributed by atoms with van der Waals surface area (Å²) in [6.07, 6.45) is 0. The second kappa shape index (κ2) is 5.01. The Bertz CT molecular complexity index is 837. The maximum Gasteiger partial charge on any atom is 0.272 e. The minimum atomic E-state index is -0.336. The number of nitrogens with zero attached hydrogens (tertiary/aromatic N) is 3. The maximum atomic E-state index is 11.0. The van der Waals surface area contributed by atoms with Crippen LogP contribution >= 0.6 is 0 Å². The molecule has 0 unspecified atom stereocenters. The lowest BCUT2D eigenvalue weighted by Gasteiger charge is -2.10. The fraction of sp³-hybridized carbons (Fsp3) is 0.188. The summed E-state index contributed by atoms with van der Waals surface area (Å²) in [6.45, 7) is 4.33. The minimum absolute atomic E-state index is 0.162. The molecular formula is C16H15N3O2. The van der Waals surface area contributed by atoms with Crippen molar-refractivity contribution in [3.05, 3.63) is 69.5 Å². The van der Waals surface area contributed by atoms with E-state index in [-0.39, 0.29) is 10.6 Å². The molecule has 5 nitrogen and oxygen atoms in total. The van der Waals surface area contributed by atoms with Crippen LogP contribution in [0.2, 0.25) is 0 Å². The van der Waals surface area contributed by atoms with E-state index < -0.39 is 0 Å². The molecule has 1 heterocycles. The molecule has 3 aromatic rings. The van der Waals surface area contributed by atoms with Crippen LogP contribution in [-0.2, 0) is 6.54 Å². The summed E-state index contributed by atoms with van der Waals surface area (Å²) in [4.78, 5) is 15.2. The van der Waals surface area contributed by atoms with Crippen LogP contribution in [0.25, 0.3) is 11.0 Å². The Morgan fingerprint density at radius 3 is 2.67 bits per heavy atom. The van der Waals surface area contributed by atoms with Crippen molar-refractivity contribution in [3.8, 4) is 0 Å². The predicted octanol–water partition coefficient (Wildman–Crippen LogP) is 3.61. The van der Waals surface area contributed by atoms with Gasteiger partial charge in [-0.05, 0) is 31.5 Å². The van der Waals surface area contributed by atoms with Crippen molar-refractivity contribution in [2.45, 2.75) is 20.4 Å². The van der Waals surface area contributed by atoms with Gasteiger partial charge in [0.1, 0.15) is 5.82 Å². The van der Waals surface area contributed by atoms with Crippen LogP contribution < -0.4 is 0 Å². The van der Waals surface area contributed by atoms with E-state index >= 15 is 0 Å². The van der Waals surface area contributed by atoms with E-state index in [1.165, 1.54) is 6.07 Å². The summed E-state index contributed by atoms with van der Waals surface area (Å²) in [6, 6.07) is 13.1. The van der Waals surface area contributed by atoms with Crippen molar-refractivity contribution in [2.75, 3.05) is 0 Å². The molecular weight excluding hydrogens is 266 g/mol. The second-order valence-corrected chi connectivity index (χ2v) is 5.05. The highest BCUT2D eigenvalue weighted by Gasteiger charge is 2.15. The number of imidazole rings is 1. The summed E-state index contributed by atoms with van der Waals surface area (Å²) >= 11 is 0. The molecule has 0 spiro atoms. The molecule has 0 radical (unpaired) electrons. The molecule has 0 saturated carbocycles. The van der Waals surface area contributed by atoms with Gasteiger partial charge in [-0.3, -0.25) is 10.1 Å². The van der Waals surface area contributed by atoms with Crippen LogP contribution in [0.15, 0.2) is 42.5 Å². The van der Waals surface area contributed by atoms with Gasteiger partial charge in [-0.1, -0.05) is 24.3 Å². The molecule has 0 aliphatic heterocycles. The highest BCUT2D eigenvalue weighted by Crippen LogP contribution is 2.24. The lowest BCUT2D eigenvalue weighted by molar-refractivity contribution is -0.385. The lowest BCUT2D eigenvalue weighted by Crippen LogP contribution is -2.05. The van der Waals surface area contributed by atoms with Gasteiger partial charge in [0.05, 0.1) is 16.0 Å². The SMILES string of the molecule is Cc1c(Cn2c(C)nc3ccccc32)cccc1[N+](=O)[O-]. The number of rotatable bonds is 3. The summed E-state index contributed by atoms with van der Waals surface area (Å²) in [5.41, 5.74) is 3.80. The lowest BCUT2D eigenvalue weighted by atomic mass is 10.1. The molecule has 1 aromatic heterocycles. The molecule has 3 rings (SSSR count). The molecule has 0 saturated heterocycles. The van der Waals surface area contributed by atoms with E-state index in [4.69, 9.17) is 0 Å². The summed E-state index contributed by atoms with van der Waals surface area (Å²) in [5.74, 6) is 0.905. The first-order valence-electron chi connectivity index (χ1n) is 6.72. The second-order valence-electron chi connectivity index (χ2n) is 5.05. The Labute approximate surface area is 122 Å². The van der Waals surface area contributed by atoms with Crippen LogP contribution in [0.5, 0.6) is 0 Å². The van der Waals surface area contributed by atoms with Gasteiger partial charge in [0.15, 0.2) is 0 Å². The number of hydrogen-bond acceptors (Lipinski definition) is 3. The maximum absolute atomic E-state index is 11.0. The van der Waals surface area contributed by atoms with Gasteiger partial charge >= 0.3 is 0 Å². The number of nitro benzene ring substituents is 1. The van der Waals surface area contributed by atoms with Gasteiger partial charge < -0.3 is 4.57 Å². The van der Waals surface area contributed by atoms with E-state index in [0.717, 1.165) is 22.4 Å². The largest absolute Gasteiger partial charge is 0.324 e. The third-order valence-electron chi connectivity index (χ3n) is 3.79. The smallest absolute Gasteiger partial charge is 0.272 e. The molecule has 0 fully saturated rings. The molecule has 0 bridgehead atoms. The van der Waals surface area contributed by atoms with E-state index in [2.05, 4.69) is 9.55 Å². The number of nitro groups is 1. The molecule has 106 valence electrons. The standard InChI is InChI=1S/C16H15N3O2/c1-11-13(6-5-9-15(11)19(20)21)10-18-12(2)17-14-7-3-4-8-16(14)18/h3-9H,10H2,1-2H3. The fourth-order valence-corrected chi connectivity index (χ4v) is 2.60. The molecule has 0 amide bonds. The van der Waals surface area contributed by atoms with E-state index in [9.17, 15) is 10.1 Å². The van der Waals surface area contributed by atoms with E-state index in [1.807, 2.05) is 37.3 Å². The molecule has 0 aliphatic rings. The Morgan fingerprint density at radius 1 is 1.14 bits per heavy atom. The van der Waals surface area contributed by atoms with Crippen LogP contribution in [0, 0.1) is 24.0 Å². The van der Waals surface area contributed by atoms with E-state index in [0.29, 0.717) is 12.1 Å². The fourth-order valence-electron chi connectivity index (χ4n) is 2.60. The normalized spacial score (nSPS) is 11.0. The van der Waals surface area contributed by atoms with Crippen molar-refractivity contribution in [2.24, 2.45) is 0 Å². The van der Waals surface area contributed by atoms with Gasteiger partial charge in [0, 0.05) is 18.2 Å². The average Bonchev–Trinajstić information content (AvgIpc) is 2.77. The minimum Gasteiger partial charge on any atom is -0.324 e. The van der Waals surface area contributed by atoms with Crippen LogP contribution in [0.3, 0.4) is 0 Å². The first-order chi connectivity index (χ1) is 10.1. The monoisotopic (exact) mass is 281 g/mol. The Morgan fingerprint density at radius 2 is 1.90 bits per heavy atom. The summed E-state index contributed by atoms with van der Waals surface area (Å²) < 4.78 is 2.08. The number of aryl methyl sites for hydroxylation is 1. The van der Waals surface area contributed by atoms with Gasteiger partial charge in [0.2, 0.25) is 0 Å². The first-order valence-corrected chi connectivity index (χ1v) is 6.72. The molecule has 0 N–H and O–H groups in total. The zero-order valence-electron chi connectivity index (χ0n) is 11.9. The number of hydrogen-bond donors (Lipinski definition) is 0. The van der Waals surface area contributed by atoms with Crippen LogP contribution in [0.4, 0.5) is 5.69 Å². The van der Waals surface area contributed by atoms with Crippen molar-refractivity contribution >= 4 is 16.7 Å². The van der Waals surface area contributed by atoms with Crippen molar-refractivity contribution in [1.82, 2.24) is 9.55 Å². The third-order valence-corrected chi connectivity index (χ3v) is 3.79. The Balaban J connectivity index is 2.09. The highest BCUT2D eigenvalue weighted by atomic mass is 16.6. The Hall–Kier alpha value is -2.69. The van der Waals surface area contributed by atoms with Gasteiger partial charge in [-0.2, -0.15) is 0 Å². The summed E-state index contributed by atoms with van der Waals surface area (Å²) in [5, 5.41) is 11.0. The summed E-state index contributed by atoms with van der Waals surface area (Å²) in [7, 11) is 0. The zero-order valence-corrected chi connectivity index (χ0v) is 11.9. The highest BCUT2D eigenvalue weighted by molar-refractivity contribution is 5.76. The number of aromatic nitrogens is 2. The van der Waals surface area contributed by atoms with Crippen molar-refractivity contribution in [3.63, 3.8) is 0 Å². The first kappa shape index (κ1) is 13.3. The Kier molecular flexibility index (Phi) is 3.17. The number of benzene rings is 2. The number of fused-ring (bicyclic) bond motifs is 1. The van der Waals surface area contributed by atoms with Crippen LogP contribution in [-0.4, -0.2) is 14.5 Å². The quantitative estimate of drug-likeness (QED) is 0.544. The topological polar surface area (TPSA) is 61.0 Å². The molecule has 0 atom stereocenters. The molecule has 5 heteroatoms. The van der Waals surface area contributed by atoms with Crippen LogP contribution in [0.1, 0.15) is 17.0 Å².